The first-order valence-electron chi connectivity index (χ1n) is 6.22. The van der Waals surface area contributed by atoms with Gasteiger partial charge in [0.05, 0.1) is 17.2 Å². The molecule has 0 aliphatic carbocycles. The fraction of sp³-hybridized carbons (Fsp3) is 0.0667. The minimum absolute atomic E-state index is 0.284. The third-order valence-corrected chi connectivity index (χ3v) is 2.87. The number of H-pyrrole nitrogens is 1. The number of hydrazone groups is 1. The second kappa shape index (κ2) is 5.13. The first kappa shape index (κ1) is 12.3. The van der Waals surface area contributed by atoms with Crippen LogP contribution in [0.4, 0.5) is 10.3 Å². The number of aromatic nitrogens is 2. The molecule has 4 nitrogen and oxygen atoms in total. The molecule has 2 aromatic carbocycles. The van der Waals surface area contributed by atoms with Gasteiger partial charge in [-0.2, -0.15) is 5.10 Å². The molecule has 0 amide bonds. The van der Waals surface area contributed by atoms with Gasteiger partial charge in [-0.05, 0) is 42.3 Å². The fourth-order valence-corrected chi connectivity index (χ4v) is 1.93. The molecule has 3 aromatic rings. The normalized spacial score (nSPS) is 11.3. The molecule has 2 N–H and O–H groups in total. The molecule has 0 unspecified atom stereocenters. The summed E-state index contributed by atoms with van der Waals surface area (Å²) in [6.07, 6.45) is 1.54. The van der Waals surface area contributed by atoms with Gasteiger partial charge in [0.15, 0.2) is 0 Å². The van der Waals surface area contributed by atoms with Crippen molar-refractivity contribution < 1.29 is 4.39 Å². The van der Waals surface area contributed by atoms with Crippen LogP contribution in [0.2, 0.25) is 0 Å². The van der Waals surface area contributed by atoms with Gasteiger partial charge in [-0.15, -0.1) is 0 Å². The van der Waals surface area contributed by atoms with E-state index >= 15 is 0 Å². The average molecular weight is 268 g/mol. The Labute approximate surface area is 115 Å². The van der Waals surface area contributed by atoms with Crippen molar-refractivity contribution in [2.45, 2.75) is 6.92 Å². The van der Waals surface area contributed by atoms with E-state index in [1.807, 2.05) is 25.1 Å². The minimum atomic E-state index is -0.284. The minimum Gasteiger partial charge on any atom is -0.323 e. The number of anilines is 1. The van der Waals surface area contributed by atoms with Crippen LogP contribution in [-0.2, 0) is 0 Å². The Hall–Kier alpha value is -2.69. The van der Waals surface area contributed by atoms with E-state index in [2.05, 4.69) is 20.5 Å². The zero-order chi connectivity index (χ0) is 13.9. The molecule has 0 atom stereocenters. The first-order valence-corrected chi connectivity index (χ1v) is 6.22. The second-order valence-electron chi connectivity index (χ2n) is 4.53. The zero-order valence-corrected chi connectivity index (χ0v) is 10.9. The van der Waals surface area contributed by atoms with Crippen LogP contribution < -0.4 is 5.43 Å². The smallest absolute Gasteiger partial charge is 0.222 e. The van der Waals surface area contributed by atoms with Crippen molar-refractivity contribution in [2.24, 2.45) is 5.10 Å². The van der Waals surface area contributed by atoms with Crippen LogP contribution >= 0.6 is 0 Å². The summed E-state index contributed by atoms with van der Waals surface area (Å²) in [6, 6.07) is 12.2. The van der Waals surface area contributed by atoms with Crippen molar-refractivity contribution in [3.63, 3.8) is 0 Å². The summed E-state index contributed by atoms with van der Waals surface area (Å²) in [4.78, 5) is 7.47. The lowest BCUT2D eigenvalue weighted by atomic mass is 10.2. The summed E-state index contributed by atoms with van der Waals surface area (Å²) < 4.78 is 13.0. The summed E-state index contributed by atoms with van der Waals surface area (Å²) in [6.45, 7) is 2.02. The largest absolute Gasteiger partial charge is 0.323 e. The maximum absolute atomic E-state index is 13.0. The Morgan fingerprint density at radius 2 is 2.15 bits per heavy atom. The topological polar surface area (TPSA) is 53.1 Å². The molecule has 20 heavy (non-hydrogen) atoms. The number of halogens is 1. The van der Waals surface area contributed by atoms with Crippen molar-refractivity contribution in [1.29, 1.82) is 0 Å². The summed E-state index contributed by atoms with van der Waals surface area (Å²) >= 11 is 0. The van der Waals surface area contributed by atoms with E-state index in [1.54, 1.807) is 18.3 Å². The lowest BCUT2D eigenvalue weighted by Gasteiger charge is -1.94. The number of imidazole rings is 1. The molecular weight excluding hydrogens is 255 g/mol. The van der Waals surface area contributed by atoms with Gasteiger partial charge in [-0.3, -0.25) is 0 Å². The maximum Gasteiger partial charge on any atom is 0.222 e. The van der Waals surface area contributed by atoms with E-state index in [0.29, 0.717) is 11.5 Å². The predicted octanol–water partition coefficient (Wildman–Crippen LogP) is 3.46. The highest BCUT2D eigenvalue weighted by atomic mass is 19.1. The van der Waals surface area contributed by atoms with Crippen LogP contribution in [0.3, 0.4) is 0 Å². The highest BCUT2D eigenvalue weighted by molar-refractivity contribution is 5.81. The standard InChI is InChI=1S/C15H13FN4/c1-10-5-6-13-14(7-10)19-15(18-13)20-17-9-11-3-2-4-12(16)8-11/h2-9H,1H3,(H2,18,19,20)/b17-9-. The number of nitrogens with one attached hydrogen (secondary N) is 2. The van der Waals surface area contributed by atoms with E-state index in [4.69, 9.17) is 0 Å². The van der Waals surface area contributed by atoms with Gasteiger partial charge < -0.3 is 4.98 Å². The summed E-state index contributed by atoms with van der Waals surface area (Å²) in [5.41, 5.74) is 6.48. The quantitative estimate of drug-likeness (QED) is 0.564. The third-order valence-electron chi connectivity index (χ3n) is 2.87. The van der Waals surface area contributed by atoms with Crippen LogP contribution in [-0.4, -0.2) is 16.2 Å². The highest BCUT2D eigenvalue weighted by Crippen LogP contribution is 2.15. The van der Waals surface area contributed by atoms with Crippen molar-refractivity contribution in [1.82, 2.24) is 9.97 Å². The van der Waals surface area contributed by atoms with Gasteiger partial charge in [0.1, 0.15) is 5.82 Å². The predicted molar refractivity (Wildman–Crippen MR) is 78.4 cm³/mol. The summed E-state index contributed by atoms with van der Waals surface area (Å²) in [5.74, 6) is 0.270. The van der Waals surface area contributed by atoms with E-state index in [1.165, 1.54) is 12.1 Å². The molecule has 1 heterocycles. The molecule has 0 fully saturated rings. The number of hydrogen-bond donors (Lipinski definition) is 2. The third kappa shape index (κ3) is 2.66. The monoisotopic (exact) mass is 268 g/mol. The number of aryl methyl sites for hydroxylation is 1. The molecule has 1 aromatic heterocycles. The SMILES string of the molecule is Cc1ccc2nc(N/N=C\c3cccc(F)c3)[nH]c2c1. The molecule has 0 saturated heterocycles. The van der Waals surface area contributed by atoms with Crippen LogP contribution in [0.1, 0.15) is 11.1 Å². The molecule has 0 aliphatic heterocycles. The van der Waals surface area contributed by atoms with Gasteiger partial charge in [0, 0.05) is 0 Å². The Morgan fingerprint density at radius 3 is 3.00 bits per heavy atom. The molecule has 0 radical (unpaired) electrons. The first-order chi connectivity index (χ1) is 9.70. The zero-order valence-electron chi connectivity index (χ0n) is 10.9. The lowest BCUT2D eigenvalue weighted by Crippen LogP contribution is -1.92. The Kier molecular flexibility index (Phi) is 3.16. The number of fused-ring (bicyclic) bond motifs is 1. The fourth-order valence-electron chi connectivity index (χ4n) is 1.93. The number of hydrogen-bond acceptors (Lipinski definition) is 3. The van der Waals surface area contributed by atoms with Gasteiger partial charge >= 0.3 is 0 Å². The number of rotatable bonds is 3. The Bertz CT molecular complexity index is 776. The molecule has 5 heteroatoms. The van der Waals surface area contributed by atoms with Crippen LogP contribution in [0, 0.1) is 12.7 Å². The van der Waals surface area contributed by atoms with E-state index in [9.17, 15) is 4.39 Å². The highest BCUT2D eigenvalue weighted by Gasteiger charge is 2.01. The summed E-state index contributed by atoms with van der Waals surface area (Å²) in [5, 5.41) is 4.04. The van der Waals surface area contributed by atoms with Crippen LogP contribution in [0.25, 0.3) is 11.0 Å². The Morgan fingerprint density at radius 1 is 1.25 bits per heavy atom. The van der Waals surface area contributed by atoms with Crippen molar-refractivity contribution in [3.05, 3.63) is 59.4 Å². The molecule has 3 rings (SSSR count). The van der Waals surface area contributed by atoms with Gasteiger partial charge in [-0.1, -0.05) is 18.2 Å². The van der Waals surface area contributed by atoms with Crippen LogP contribution in [0.5, 0.6) is 0 Å². The van der Waals surface area contributed by atoms with Gasteiger partial charge in [0.25, 0.3) is 0 Å². The van der Waals surface area contributed by atoms with E-state index in [0.717, 1.165) is 16.6 Å². The second-order valence-corrected chi connectivity index (χ2v) is 4.53. The molecular formula is C15H13FN4. The molecule has 0 aliphatic rings. The molecule has 100 valence electrons. The maximum atomic E-state index is 13.0. The van der Waals surface area contributed by atoms with Gasteiger partial charge in [-0.25, -0.2) is 14.8 Å². The number of nitrogens with zero attached hydrogens (tertiary/aromatic N) is 2. The molecule has 0 spiro atoms. The number of benzene rings is 2. The number of aromatic amines is 1. The molecule has 0 bridgehead atoms. The van der Waals surface area contributed by atoms with E-state index < -0.39 is 0 Å². The Balaban J connectivity index is 1.76. The van der Waals surface area contributed by atoms with Crippen molar-refractivity contribution >= 4 is 23.2 Å². The lowest BCUT2D eigenvalue weighted by molar-refractivity contribution is 0.627. The van der Waals surface area contributed by atoms with E-state index in [-0.39, 0.29) is 5.82 Å². The average Bonchev–Trinajstić information content (AvgIpc) is 2.80. The van der Waals surface area contributed by atoms with Crippen molar-refractivity contribution in [2.75, 3.05) is 5.43 Å². The van der Waals surface area contributed by atoms with Crippen LogP contribution in [0.15, 0.2) is 47.6 Å². The summed E-state index contributed by atoms with van der Waals surface area (Å²) in [7, 11) is 0. The van der Waals surface area contributed by atoms with Crippen molar-refractivity contribution in [3.8, 4) is 0 Å². The van der Waals surface area contributed by atoms with Gasteiger partial charge in [0.2, 0.25) is 5.95 Å². The molecule has 0 saturated carbocycles.